The van der Waals surface area contributed by atoms with Crippen molar-refractivity contribution in [3.05, 3.63) is 47.8 Å². The van der Waals surface area contributed by atoms with Gasteiger partial charge < -0.3 is 9.30 Å². The number of para-hydroxylation sites is 2. The average molecular weight is 459 g/mol. The van der Waals surface area contributed by atoms with E-state index in [0.717, 1.165) is 61.4 Å². The monoisotopic (exact) mass is 458 g/mol. The van der Waals surface area contributed by atoms with E-state index >= 15 is 0 Å². The zero-order valence-electron chi connectivity index (χ0n) is 20.4. The highest BCUT2D eigenvalue weighted by molar-refractivity contribution is 5.90. The van der Waals surface area contributed by atoms with E-state index in [-0.39, 0.29) is 22.9 Å². The molecule has 1 aromatic heterocycles. The van der Waals surface area contributed by atoms with Crippen LogP contribution in [0.25, 0.3) is 16.7 Å². The Labute approximate surface area is 201 Å². The van der Waals surface area contributed by atoms with Crippen LogP contribution in [0, 0.1) is 28.6 Å². The quantitative estimate of drug-likeness (QED) is 0.324. The lowest BCUT2D eigenvalue weighted by atomic mass is 9.47. The molecule has 6 atom stereocenters. The number of esters is 1. The van der Waals surface area contributed by atoms with Gasteiger partial charge in [0.1, 0.15) is 18.7 Å². The number of carbonyl (C=O) groups is 2. The Morgan fingerprint density at radius 3 is 2.71 bits per heavy atom. The van der Waals surface area contributed by atoms with Gasteiger partial charge in [0, 0.05) is 30.0 Å². The minimum absolute atomic E-state index is 0.0261. The molecule has 0 aliphatic heterocycles. The van der Waals surface area contributed by atoms with Crippen molar-refractivity contribution in [2.24, 2.45) is 28.6 Å². The summed E-state index contributed by atoms with van der Waals surface area (Å²) in [5.41, 5.74) is 5.83. The number of aldehydes is 1. The first-order chi connectivity index (χ1) is 16.3. The molecular formula is C29H34N2O3. The van der Waals surface area contributed by atoms with Crippen molar-refractivity contribution in [1.82, 2.24) is 9.55 Å². The minimum Gasteiger partial charge on any atom is -0.462 e. The molecule has 0 radical (unpaired) electrons. The van der Waals surface area contributed by atoms with Crippen molar-refractivity contribution < 1.29 is 14.3 Å². The molecule has 4 aliphatic rings. The van der Waals surface area contributed by atoms with Crippen LogP contribution in [0.1, 0.15) is 65.7 Å². The Morgan fingerprint density at radius 2 is 1.91 bits per heavy atom. The van der Waals surface area contributed by atoms with E-state index < -0.39 is 0 Å². The van der Waals surface area contributed by atoms with E-state index in [4.69, 9.17) is 4.74 Å². The molecule has 5 nitrogen and oxygen atoms in total. The van der Waals surface area contributed by atoms with Crippen molar-refractivity contribution >= 4 is 29.0 Å². The third kappa shape index (κ3) is 3.01. The van der Waals surface area contributed by atoms with Gasteiger partial charge in [-0.1, -0.05) is 37.6 Å². The topological polar surface area (TPSA) is 61.2 Å². The van der Waals surface area contributed by atoms with Crippen LogP contribution in [0.3, 0.4) is 0 Å². The number of fused-ring (bicyclic) bond motifs is 6. The zero-order chi connectivity index (χ0) is 23.7. The molecule has 0 N–H and O–H groups in total. The summed E-state index contributed by atoms with van der Waals surface area (Å²) in [5.74, 6) is 1.48. The zero-order valence-corrected chi connectivity index (χ0v) is 20.4. The SMILES string of the molecule is CC(=O)O[C@H]1CC[C@@]2(C)C(=CC[C@@H]3[C@@H]2CC[C@]2(C)C(n4cnc5ccccc54)=C(C=O)C[C@@H]32)C1. The molecule has 1 heterocycles. The van der Waals surface area contributed by atoms with Gasteiger partial charge in [0.25, 0.3) is 0 Å². The van der Waals surface area contributed by atoms with Gasteiger partial charge in [-0.25, -0.2) is 4.98 Å². The molecule has 0 amide bonds. The molecule has 1 aromatic carbocycles. The molecule has 2 aromatic rings. The van der Waals surface area contributed by atoms with Crippen LogP contribution in [0.4, 0.5) is 0 Å². The highest BCUT2D eigenvalue weighted by Crippen LogP contribution is 2.66. The molecule has 6 rings (SSSR count). The fraction of sp³-hybridized carbons (Fsp3) is 0.552. The number of hydrogen-bond acceptors (Lipinski definition) is 4. The lowest BCUT2D eigenvalue weighted by molar-refractivity contribution is -0.148. The Bertz CT molecular complexity index is 1240. The number of rotatable bonds is 3. The number of imidazole rings is 1. The van der Waals surface area contributed by atoms with Gasteiger partial charge in [0.2, 0.25) is 0 Å². The van der Waals surface area contributed by atoms with Gasteiger partial charge >= 0.3 is 5.97 Å². The minimum atomic E-state index is -0.172. The Hall–Kier alpha value is -2.69. The summed E-state index contributed by atoms with van der Waals surface area (Å²) in [7, 11) is 0. The van der Waals surface area contributed by atoms with Crippen LogP contribution in [-0.4, -0.2) is 27.9 Å². The highest BCUT2D eigenvalue weighted by Gasteiger charge is 2.58. The number of aromatic nitrogens is 2. The second-order valence-electron chi connectivity index (χ2n) is 11.5. The summed E-state index contributed by atoms with van der Waals surface area (Å²) in [6.45, 7) is 6.36. The first kappa shape index (κ1) is 21.8. The Balaban J connectivity index is 1.35. The van der Waals surface area contributed by atoms with Crippen LogP contribution in [-0.2, 0) is 14.3 Å². The fourth-order valence-electron chi connectivity index (χ4n) is 8.33. The van der Waals surface area contributed by atoms with Crippen LogP contribution < -0.4 is 0 Å². The molecule has 0 bridgehead atoms. The second-order valence-corrected chi connectivity index (χ2v) is 11.5. The van der Waals surface area contributed by atoms with E-state index in [1.165, 1.54) is 24.6 Å². The molecule has 2 fully saturated rings. The molecule has 178 valence electrons. The number of benzene rings is 1. The summed E-state index contributed by atoms with van der Waals surface area (Å²) >= 11 is 0. The number of carbonyl (C=O) groups excluding carboxylic acids is 2. The van der Waals surface area contributed by atoms with Crippen LogP contribution in [0.15, 0.2) is 47.8 Å². The van der Waals surface area contributed by atoms with Gasteiger partial charge in [-0.05, 0) is 73.8 Å². The largest absolute Gasteiger partial charge is 0.462 e. The molecule has 0 spiro atoms. The molecule has 0 unspecified atom stereocenters. The van der Waals surface area contributed by atoms with Gasteiger partial charge in [-0.2, -0.15) is 0 Å². The van der Waals surface area contributed by atoms with Crippen molar-refractivity contribution in [3.63, 3.8) is 0 Å². The second kappa shape index (κ2) is 7.66. The predicted molar refractivity (Wildman–Crippen MR) is 132 cm³/mol. The van der Waals surface area contributed by atoms with E-state index in [9.17, 15) is 9.59 Å². The lowest BCUT2D eigenvalue weighted by Gasteiger charge is -2.57. The van der Waals surface area contributed by atoms with E-state index in [2.05, 4.69) is 35.5 Å². The summed E-state index contributed by atoms with van der Waals surface area (Å²) in [5, 5.41) is 0. The van der Waals surface area contributed by atoms with Gasteiger partial charge in [-0.3, -0.25) is 9.59 Å². The third-order valence-electron chi connectivity index (χ3n) is 9.90. The maximum Gasteiger partial charge on any atom is 0.302 e. The summed E-state index contributed by atoms with van der Waals surface area (Å²) in [4.78, 5) is 28.5. The summed E-state index contributed by atoms with van der Waals surface area (Å²) in [6.07, 6.45) is 12.6. The van der Waals surface area contributed by atoms with Crippen LogP contribution in [0.5, 0.6) is 0 Å². The van der Waals surface area contributed by atoms with Crippen molar-refractivity contribution in [1.29, 1.82) is 0 Å². The first-order valence-corrected chi connectivity index (χ1v) is 12.8. The van der Waals surface area contributed by atoms with Crippen molar-refractivity contribution in [2.45, 2.75) is 71.8 Å². The smallest absolute Gasteiger partial charge is 0.302 e. The fourth-order valence-corrected chi connectivity index (χ4v) is 8.33. The number of allylic oxidation sites excluding steroid dienone is 3. The number of hydrogen-bond donors (Lipinski definition) is 0. The van der Waals surface area contributed by atoms with Gasteiger partial charge in [-0.15, -0.1) is 0 Å². The third-order valence-corrected chi connectivity index (χ3v) is 9.90. The molecule has 0 saturated heterocycles. The van der Waals surface area contributed by atoms with E-state index in [1.807, 2.05) is 24.5 Å². The number of nitrogens with zero attached hydrogens (tertiary/aromatic N) is 2. The Kier molecular flexibility index (Phi) is 4.91. The molecular weight excluding hydrogens is 424 g/mol. The summed E-state index contributed by atoms with van der Waals surface area (Å²) < 4.78 is 7.80. The van der Waals surface area contributed by atoms with E-state index in [1.54, 1.807) is 0 Å². The standard InChI is InChI=1S/C29H34N2O3/c1-18(33)34-21-10-12-28(2)20(15-21)8-9-22-23(28)11-13-29(3)24(22)14-19(16-32)27(29)31-17-30-25-6-4-5-7-26(25)31/h4-8,16-17,21-24H,9-15H2,1-3H3/t21-,22+,23-,24-,28-,29-/m0/s1. The normalized spacial score (nSPS) is 37.0. The van der Waals surface area contributed by atoms with Crippen LogP contribution in [0.2, 0.25) is 0 Å². The maximum atomic E-state index is 12.4. The van der Waals surface area contributed by atoms with Crippen molar-refractivity contribution in [3.8, 4) is 0 Å². The van der Waals surface area contributed by atoms with Gasteiger partial charge in [0.05, 0.1) is 11.0 Å². The highest BCUT2D eigenvalue weighted by atomic mass is 16.5. The molecule has 2 saturated carbocycles. The summed E-state index contributed by atoms with van der Waals surface area (Å²) in [6, 6.07) is 8.22. The lowest BCUT2D eigenvalue weighted by Crippen LogP contribution is -2.50. The first-order valence-electron chi connectivity index (χ1n) is 12.8. The van der Waals surface area contributed by atoms with E-state index in [0.29, 0.717) is 17.8 Å². The average Bonchev–Trinajstić information content (AvgIpc) is 3.36. The van der Waals surface area contributed by atoms with Crippen molar-refractivity contribution in [2.75, 3.05) is 0 Å². The Morgan fingerprint density at radius 1 is 1.12 bits per heavy atom. The number of ether oxygens (including phenoxy) is 1. The predicted octanol–water partition coefficient (Wildman–Crippen LogP) is 5.95. The molecule has 34 heavy (non-hydrogen) atoms. The van der Waals surface area contributed by atoms with Gasteiger partial charge in [0.15, 0.2) is 0 Å². The molecule has 5 heteroatoms. The van der Waals surface area contributed by atoms with Crippen LogP contribution >= 0.6 is 0 Å². The maximum absolute atomic E-state index is 12.4. The molecule has 4 aliphatic carbocycles.